The lowest BCUT2D eigenvalue weighted by atomic mass is 10.0. The first-order valence-electron chi connectivity index (χ1n) is 18.8. The maximum absolute atomic E-state index is 6.54. The number of anilines is 3. The molecule has 0 atom stereocenters. The molecule has 0 unspecified atom stereocenters. The summed E-state index contributed by atoms with van der Waals surface area (Å²) < 4.78 is 6.54. The quantitative estimate of drug-likeness (QED) is 0.157. The molecule has 8 aromatic carbocycles. The molecule has 2 aromatic heterocycles. The lowest BCUT2D eigenvalue weighted by molar-refractivity contribution is 0.669. The largest absolute Gasteiger partial charge is 0.456 e. The molecule has 0 radical (unpaired) electrons. The zero-order chi connectivity index (χ0) is 37.3. The van der Waals surface area contributed by atoms with Gasteiger partial charge >= 0.3 is 0 Å². The summed E-state index contributed by atoms with van der Waals surface area (Å²) >= 11 is 0. The topological polar surface area (TPSA) is 42.2 Å². The first-order chi connectivity index (χ1) is 27.7. The van der Waals surface area contributed by atoms with Gasteiger partial charge in [-0.15, -0.1) is 0 Å². The second kappa shape index (κ2) is 14.3. The number of furan rings is 1. The third-order valence-electron chi connectivity index (χ3n) is 10.3. The third-order valence-corrected chi connectivity index (χ3v) is 10.3. The van der Waals surface area contributed by atoms with Gasteiger partial charge in [0.2, 0.25) is 0 Å². The minimum atomic E-state index is 0.644. The van der Waals surface area contributed by atoms with Crippen LogP contribution in [0.15, 0.2) is 217 Å². The maximum atomic E-state index is 6.54. The molecular formula is C52H35N3O. The fraction of sp³-hybridized carbons (Fsp3) is 0. The number of rotatable bonds is 8. The van der Waals surface area contributed by atoms with Crippen molar-refractivity contribution in [3.63, 3.8) is 0 Å². The van der Waals surface area contributed by atoms with Crippen molar-refractivity contribution in [2.24, 2.45) is 0 Å². The van der Waals surface area contributed by atoms with Crippen LogP contribution in [-0.4, -0.2) is 9.97 Å². The van der Waals surface area contributed by atoms with Crippen LogP contribution >= 0.6 is 0 Å². The van der Waals surface area contributed by atoms with Crippen molar-refractivity contribution in [2.45, 2.75) is 0 Å². The zero-order valence-electron chi connectivity index (χ0n) is 30.5. The molecule has 0 aliphatic rings. The molecule has 10 rings (SSSR count). The number of hydrogen-bond donors (Lipinski definition) is 0. The Morgan fingerprint density at radius 3 is 1.36 bits per heavy atom. The molecule has 0 fully saturated rings. The van der Waals surface area contributed by atoms with E-state index in [1.807, 2.05) is 36.4 Å². The lowest BCUT2D eigenvalue weighted by Gasteiger charge is -2.25. The first kappa shape index (κ1) is 33.0. The Bertz CT molecular complexity index is 2920. The molecule has 56 heavy (non-hydrogen) atoms. The van der Waals surface area contributed by atoms with E-state index in [4.69, 9.17) is 14.4 Å². The summed E-state index contributed by atoms with van der Waals surface area (Å²) in [5, 5.41) is 2.08. The Hall–Kier alpha value is -7.56. The molecule has 0 N–H and O–H groups in total. The van der Waals surface area contributed by atoms with E-state index in [9.17, 15) is 0 Å². The Morgan fingerprint density at radius 1 is 0.304 bits per heavy atom. The van der Waals surface area contributed by atoms with Gasteiger partial charge in [0.25, 0.3) is 0 Å². The molecule has 0 aliphatic carbocycles. The highest BCUT2D eigenvalue weighted by Crippen LogP contribution is 2.40. The number of benzene rings is 8. The van der Waals surface area contributed by atoms with Gasteiger partial charge in [-0.2, -0.15) is 0 Å². The zero-order valence-corrected chi connectivity index (χ0v) is 30.5. The van der Waals surface area contributed by atoms with E-state index in [1.54, 1.807) is 0 Å². The normalized spacial score (nSPS) is 11.2. The van der Waals surface area contributed by atoms with Crippen LogP contribution in [-0.2, 0) is 0 Å². The summed E-state index contributed by atoms with van der Waals surface area (Å²) in [5.74, 6) is 0.644. The van der Waals surface area contributed by atoms with Crippen LogP contribution in [0.1, 0.15) is 0 Å². The Balaban J connectivity index is 1.04. The summed E-state index contributed by atoms with van der Waals surface area (Å²) in [6.45, 7) is 0. The SMILES string of the molecule is c1ccc(-c2ccc(-c3cc(-c4ccccc4)nc(-c4ccc5c(c4)oc4ccc(N(c6ccccc6)c6ccc(-c7ccccc7)cc6)cc45)n3)cc2)cc1. The van der Waals surface area contributed by atoms with Crippen LogP contribution in [0.25, 0.3) is 78.1 Å². The van der Waals surface area contributed by atoms with E-state index in [2.05, 4.69) is 181 Å². The highest BCUT2D eigenvalue weighted by atomic mass is 16.3. The average molecular weight is 718 g/mol. The molecule has 4 heteroatoms. The third kappa shape index (κ3) is 6.40. The van der Waals surface area contributed by atoms with Crippen LogP contribution in [0.4, 0.5) is 17.1 Å². The molecule has 0 spiro atoms. The second-order valence-electron chi connectivity index (χ2n) is 13.8. The number of hydrogen-bond acceptors (Lipinski definition) is 4. The van der Waals surface area contributed by atoms with Crippen molar-refractivity contribution >= 4 is 39.0 Å². The number of para-hydroxylation sites is 1. The van der Waals surface area contributed by atoms with E-state index >= 15 is 0 Å². The van der Waals surface area contributed by atoms with E-state index in [-0.39, 0.29) is 0 Å². The van der Waals surface area contributed by atoms with Gasteiger partial charge in [-0.1, -0.05) is 152 Å². The molecule has 0 aliphatic heterocycles. The van der Waals surface area contributed by atoms with E-state index in [1.165, 1.54) is 22.3 Å². The van der Waals surface area contributed by atoms with Crippen molar-refractivity contribution in [3.05, 3.63) is 212 Å². The fourth-order valence-corrected chi connectivity index (χ4v) is 7.45. The van der Waals surface area contributed by atoms with Crippen LogP contribution < -0.4 is 4.90 Å². The number of aromatic nitrogens is 2. The summed E-state index contributed by atoms with van der Waals surface area (Å²) in [6.07, 6.45) is 0. The first-order valence-corrected chi connectivity index (χ1v) is 18.8. The smallest absolute Gasteiger partial charge is 0.160 e. The monoisotopic (exact) mass is 717 g/mol. The van der Waals surface area contributed by atoms with E-state index < -0.39 is 0 Å². The highest BCUT2D eigenvalue weighted by molar-refractivity contribution is 6.07. The molecule has 10 aromatic rings. The Morgan fingerprint density at radius 2 is 0.750 bits per heavy atom. The lowest BCUT2D eigenvalue weighted by Crippen LogP contribution is -2.09. The summed E-state index contributed by atoms with van der Waals surface area (Å²) in [6, 6.07) is 73.8. The van der Waals surface area contributed by atoms with Gasteiger partial charge in [-0.05, 0) is 82.9 Å². The van der Waals surface area contributed by atoms with Gasteiger partial charge in [0.15, 0.2) is 5.82 Å². The highest BCUT2D eigenvalue weighted by Gasteiger charge is 2.17. The summed E-state index contributed by atoms with van der Waals surface area (Å²) in [4.78, 5) is 12.5. The summed E-state index contributed by atoms with van der Waals surface area (Å²) in [5.41, 5.74) is 14.2. The van der Waals surface area contributed by atoms with Crippen LogP contribution in [0.2, 0.25) is 0 Å². The van der Waals surface area contributed by atoms with Crippen LogP contribution in [0, 0.1) is 0 Å². The molecule has 0 saturated carbocycles. The molecular weight excluding hydrogens is 683 g/mol. The van der Waals surface area contributed by atoms with Crippen molar-refractivity contribution < 1.29 is 4.42 Å². The van der Waals surface area contributed by atoms with E-state index in [0.717, 1.165) is 67.1 Å². The fourth-order valence-electron chi connectivity index (χ4n) is 7.45. The molecule has 0 amide bonds. The number of fused-ring (bicyclic) bond motifs is 3. The molecule has 0 bridgehead atoms. The maximum Gasteiger partial charge on any atom is 0.160 e. The molecule has 264 valence electrons. The van der Waals surface area contributed by atoms with Crippen LogP contribution in [0.3, 0.4) is 0 Å². The second-order valence-corrected chi connectivity index (χ2v) is 13.8. The molecule has 4 nitrogen and oxygen atoms in total. The minimum Gasteiger partial charge on any atom is -0.456 e. The van der Waals surface area contributed by atoms with E-state index in [0.29, 0.717) is 5.82 Å². The van der Waals surface area contributed by atoms with Gasteiger partial charge in [0.1, 0.15) is 11.2 Å². The van der Waals surface area contributed by atoms with Crippen molar-refractivity contribution in [1.29, 1.82) is 0 Å². The van der Waals surface area contributed by atoms with Gasteiger partial charge in [0, 0.05) is 44.5 Å². The Labute approximate surface area is 325 Å². The minimum absolute atomic E-state index is 0.644. The molecule has 0 saturated heterocycles. The molecule has 2 heterocycles. The Kier molecular flexibility index (Phi) is 8.47. The van der Waals surface area contributed by atoms with Gasteiger partial charge < -0.3 is 9.32 Å². The van der Waals surface area contributed by atoms with Crippen molar-refractivity contribution in [3.8, 4) is 56.2 Å². The van der Waals surface area contributed by atoms with Crippen molar-refractivity contribution in [2.75, 3.05) is 4.90 Å². The van der Waals surface area contributed by atoms with Gasteiger partial charge in [0.05, 0.1) is 11.4 Å². The van der Waals surface area contributed by atoms with Crippen LogP contribution in [0.5, 0.6) is 0 Å². The van der Waals surface area contributed by atoms with Crippen molar-refractivity contribution in [1.82, 2.24) is 9.97 Å². The van der Waals surface area contributed by atoms with Gasteiger partial charge in [-0.25, -0.2) is 9.97 Å². The van der Waals surface area contributed by atoms with Gasteiger partial charge in [-0.3, -0.25) is 0 Å². The summed E-state index contributed by atoms with van der Waals surface area (Å²) in [7, 11) is 0. The predicted octanol–water partition coefficient (Wildman–Crippen LogP) is 14.2. The standard InChI is InChI=1S/C52H35N3O/c1-5-13-36(14-6-1)38-21-23-41(24-22-38)49-35-48(40-17-9-3-10-18-40)53-52(54-49)42-27-31-46-47-34-45(30-32-50(47)56-51(46)33-42)55(43-19-11-4-12-20-43)44-28-25-39(26-29-44)37-15-7-2-8-16-37/h1-35H. The number of nitrogens with zero attached hydrogens (tertiary/aromatic N) is 3. The average Bonchev–Trinajstić information content (AvgIpc) is 3.65. The predicted molar refractivity (Wildman–Crippen MR) is 231 cm³/mol.